The van der Waals surface area contributed by atoms with Gasteiger partial charge in [0.25, 0.3) is 11.0 Å². The molecule has 3 nitrogen and oxygen atoms in total. The van der Waals surface area contributed by atoms with Crippen molar-refractivity contribution < 1.29 is 13.0 Å². The SMILES string of the molecule is Cc1cccc2ccccc12.O=[SH](=O)O. The van der Waals surface area contributed by atoms with E-state index in [1.165, 1.54) is 16.3 Å². The maximum absolute atomic E-state index is 8.59. The molecule has 0 atom stereocenters. The Hall–Kier alpha value is -1.39. The molecule has 2 aromatic rings. The van der Waals surface area contributed by atoms with E-state index >= 15 is 0 Å². The summed E-state index contributed by atoms with van der Waals surface area (Å²) in [7, 11) is -3.12. The van der Waals surface area contributed by atoms with Gasteiger partial charge in [0.1, 0.15) is 0 Å². The second kappa shape index (κ2) is 5.48. The van der Waals surface area contributed by atoms with Crippen LogP contribution in [0.25, 0.3) is 10.8 Å². The Kier molecular flexibility index (Phi) is 4.27. The maximum Gasteiger partial charge on any atom is 0.254 e. The van der Waals surface area contributed by atoms with Gasteiger partial charge in [0, 0.05) is 0 Å². The minimum absolute atomic E-state index is 1.33. The summed E-state index contributed by atoms with van der Waals surface area (Å²) < 4.78 is 24.2. The van der Waals surface area contributed by atoms with E-state index in [4.69, 9.17) is 13.0 Å². The van der Waals surface area contributed by atoms with Crippen molar-refractivity contribution in [2.75, 3.05) is 0 Å². The Morgan fingerprint density at radius 2 is 1.53 bits per heavy atom. The summed E-state index contributed by atoms with van der Waals surface area (Å²) in [5.74, 6) is 0. The normalized spacial score (nSPS) is 9.80. The first-order valence-corrected chi connectivity index (χ1v) is 5.52. The van der Waals surface area contributed by atoms with E-state index in [0.717, 1.165) is 0 Å². The lowest BCUT2D eigenvalue weighted by Crippen LogP contribution is -1.75. The second-order valence-corrected chi connectivity index (χ2v) is 3.51. The Labute approximate surface area is 90.1 Å². The van der Waals surface area contributed by atoms with Gasteiger partial charge in [-0.05, 0) is 23.3 Å². The Bertz CT molecular complexity index is 505. The van der Waals surface area contributed by atoms with Crippen LogP contribution in [0, 0.1) is 6.92 Å². The predicted molar refractivity (Wildman–Crippen MR) is 61.6 cm³/mol. The smallest absolute Gasteiger partial charge is 0.254 e. The molecule has 0 bridgehead atoms. The molecule has 0 fully saturated rings. The highest BCUT2D eigenvalue weighted by Gasteiger charge is 1.92. The van der Waals surface area contributed by atoms with Crippen LogP contribution in [0.5, 0.6) is 0 Å². The molecule has 0 heterocycles. The van der Waals surface area contributed by atoms with Crippen molar-refractivity contribution in [2.24, 2.45) is 0 Å². The van der Waals surface area contributed by atoms with Crippen molar-refractivity contribution in [2.45, 2.75) is 6.92 Å². The molecule has 0 aliphatic heterocycles. The van der Waals surface area contributed by atoms with Gasteiger partial charge in [-0.3, -0.25) is 4.55 Å². The monoisotopic (exact) mass is 224 g/mol. The summed E-state index contributed by atoms with van der Waals surface area (Å²) in [6, 6.07) is 14.8. The maximum atomic E-state index is 8.59. The first kappa shape index (κ1) is 11.7. The molecule has 0 saturated heterocycles. The lowest BCUT2D eigenvalue weighted by Gasteiger charge is -1.98. The fraction of sp³-hybridized carbons (Fsp3) is 0.0909. The summed E-state index contributed by atoms with van der Waals surface area (Å²) in [5, 5.41) is 2.68. The van der Waals surface area contributed by atoms with E-state index < -0.39 is 11.0 Å². The topological polar surface area (TPSA) is 54.4 Å². The van der Waals surface area contributed by atoms with Crippen molar-refractivity contribution in [3.05, 3.63) is 48.0 Å². The van der Waals surface area contributed by atoms with Gasteiger partial charge in [0.15, 0.2) is 0 Å². The summed E-state index contributed by atoms with van der Waals surface area (Å²) in [5.41, 5.74) is 1.35. The molecule has 80 valence electrons. The predicted octanol–water partition coefficient (Wildman–Crippen LogP) is 2.22. The van der Waals surface area contributed by atoms with E-state index in [2.05, 4.69) is 49.4 Å². The summed E-state index contributed by atoms with van der Waals surface area (Å²) in [4.78, 5) is 0. The third kappa shape index (κ3) is 3.69. The molecule has 1 N–H and O–H groups in total. The summed E-state index contributed by atoms with van der Waals surface area (Å²) in [6.45, 7) is 2.14. The molecule has 0 saturated carbocycles. The Balaban J connectivity index is 0.000000245. The number of rotatable bonds is 0. The van der Waals surface area contributed by atoms with Crippen LogP contribution >= 0.6 is 0 Å². The average molecular weight is 224 g/mol. The quantitative estimate of drug-likeness (QED) is 0.533. The number of hydrogen-bond acceptors (Lipinski definition) is 2. The minimum atomic E-state index is -3.12. The van der Waals surface area contributed by atoms with Crippen molar-refractivity contribution in [3.8, 4) is 0 Å². The van der Waals surface area contributed by atoms with Gasteiger partial charge in [-0.25, -0.2) is 8.42 Å². The van der Waals surface area contributed by atoms with Gasteiger partial charge < -0.3 is 0 Å². The number of thiol groups is 1. The third-order valence-corrected chi connectivity index (χ3v) is 2.01. The molecule has 2 rings (SSSR count). The van der Waals surface area contributed by atoms with Gasteiger partial charge in [-0.1, -0.05) is 42.5 Å². The van der Waals surface area contributed by atoms with Crippen molar-refractivity contribution in [1.29, 1.82) is 0 Å². The van der Waals surface area contributed by atoms with Crippen molar-refractivity contribution in [1.82, 2.24) is 0 Å². The molecule has 0 aromatic heterocycles. The molecule has 15 heavy (non-hydrogen) atoms. The lowest BCUT2D eigenvalue weighted by atomic mass is 10.1. The number of fused-ring (bicyclic) bond motifs is 1. The third-order valence-electron chi connectivity index (χ3n) is 2.01. The molecule has 0 radical (unpaired) electrons. The van der Waals surface area contributed by atoms with E-state index in [0.29, 0.717) is 0 Å². The van der Waals surface area contributed by atoms with E-state index in [-0.39, 0.29) is 0 Å². The molecule has 0 aliphatic carbocycles. The minimum Gasteiger partial charge on any atom is -0.288 e. The van der Waals surface area contributed by atoms with Crippen molar-refractivity contribution >= 4 is 21.8 Å². The van der Waals surface area contributed by atoms with Crippen LogP contribution < -0.4 is 0 Å². The highest BCUT2D eigenvalue weighted by molar-refractivity contribution is 7.66. The summed E-state index contributed by atoms with van der Waals surface area (Å²) >= 11 is 0. The fourth-order valence-electron chi connectivity index (χ4n) is 1.39. The van der Waals surface area contributed by atoms with Crippen LogP contribution in [0.3, 0.4) is 0 Å². The molecule has 0 amide bonds. The van der Waals surface area contributed by atoms with Gasteiger partial charge in [0.2, 0.25) is 0 Å². The zero-order chi connectivity index (χ0) is 11.3. The molecule has 0 unspecified atom stereocenters. The van der Waals surface area contributed by atoms with Crippen LogP contribution in [0.2, 0.25) is 0 Å². The number of aryl methyl sites for hydroxylation is 1. The largest absolute Gasteiger partial charge is 0.288 e. The van der Waals surface area contributed by atoms with Gasteiger partial charge in [0.05, 0.1) is 0 Å². The molecular formula is C11H12O3S. The Morgan fingerprint density at radius 3 is 2.13 bits per heavy atom. The number of hydrogen-bond donors (Lipinski definition) is 2. The molecule has 4 heteroatoms. The lowest BCUT2D eigenvalue weighted by molar-refractivity contribution is 0.509. The first-order chi connectivity index (χ1) is 7.11. The van der Waals surface area contributed by atoms with Gasteiger partial charge >= 0.3 is 0 Å². The van der Waals surface area contributed by atoms with Gasteiger partial charge in [-0.2, -0.15) is 0 Å². The zero-order valence-corrected chi connectivity index (χ0v) is 9.15. The standard InChI is InChI=1S/C11H10.H2O3S/c1-9-5-4-7-10-6-2-3-8-11(9)10;1-4(2)3/h2-8H,1H3;4H,(H,1,2,3). The molecule has 0 spiro atoms. The first-order valence-electron chi connectivity index (χ1n) is 4.39. The van der Waals surface area contributed by atoms with Crippen LogP contribution in [0.15, 0.2) is 42.5 Å². The van der Waals surface area contributed by atoms with E-state index in [1.54, 1.807) is 0 Å². The highest BCUT2D eigenvalue weighted by atomic mass is 32.2. The molecule has 2 aromatic carbocycles. The van der Waals surface area contributed by atoms with Gasteiger partial charge in [-0.15, -0.1) is 0 Å². The Morgan fingerprint density at radius 1 is 1.00 bits per heavy atom. The van der Waals surface area contributed by atoms with Crippen LogP contribution in [0.1, 0.15) is 5.56 Å². The van der Waals surface area contributed by atoms with Crippen molar-refractivity contribution in [3.63, 3.8) is 0 Å². The van der Waals surface area contributed by atoms with Crippen LogP contribution in [-0.2, 0) is 11.0 Å². The average Bonchev–Trinajstić information content (AvgIpc) is 2.18. The molecule has 0 aliphatic rings. The summed E-state index contributed by atoms with van der Waals surface area (Å²) in [6.07, 6.45) is 0. The number of benzene rings is 2. The second-order valence-electron chi connectivity index (χ2n) is 3.03. The molecular weight excluding hydrogens is 212 g/mol. The zero-order valence-electron chi connectivity index (χ0n) is 8.25. The van der Waals surface area contributed by atoms with E-state index in [1.807, 2.05) is 0 Å². The highest BCUT2D eigenvalue weighted by Crippen LogP contribution is 2.16. The van der Waals surface area contributed by atoms with E-state index in [9.17, 15) is 0 Å². The fourth-order valence-corrected chi connectivity index (χ4v) is 1.39. The van der Waals surface area contributed by atoms with Crippen LogP contribution in [0.4, 0.5) is 0 Å². The van der Waals surface area contributed by atoms with Crippen LogP contribution in [-0.4, -0.2) is 13.0 Å².